The lowest BCUT2D eigenvalue weighted by atomic mass is 9.84. The average molecular weight is 374 g/mol. The smallest absolute Gasteiger partial charge is 0.314 e. The number of carbonyl (C=O) groups excluding carboxylic acids is 1. The second-order valence-electron chi connectivity index (χ2n) is 6.94. The van der Waals surface area contributed by atoms with E-state index in [1.807, 2.05) is 32.0 Å². The van der Waals surface area contributed by atoms with Gasteiger partial charge >= 0.3 is 6.03 Å². The second kappa shape index (κ2) is 9.26. The summed E-state index contributed by atoms with van der Waals surface area (Å²) >= 11 is 0. The van der Waals surface area contributed by atoms with Crippen LogP contribution in [0.4, 0.5) is 9.18 Å². The number of benzene rings is 2. The molecule has 2 amide bonds. The second-order valence-corrected chi connectivity index (χ2v) is 6.94. The third-order valence-electron chi connectivity index (χ3n) is 4.47. The summed E-state index contributed by atoms with van der Waals surface area (Å²) in [6.45, 7) is 5.04. The largest absolute Gasteiger partial charge is 0.493 e. The lowest BCUT2D eigenvalue weighted by Crippen LogP contribution is -2.42. The predicted octanol–water partition coefficient (Wildman–Crippen LogP) is 3.66. The molecule has 0 saturated carbocycles. The van der Waals surface area contributed by atoms with E-state index >= 15 is 0 Å². The SMILES string of the molecule is COc1ccc(C(C)(C)CNC(=O)NCCc2ccc(F)cc2)cc1OC. The van der Waals surface area contributed by atoms with Gasteiger partial charge in [-0.3, -0.25) is 0 Å². The number of halogens is 1. The van der Waals surface area contributed by atoms with Gasteiger partial charge in [0.15, 0.2) is 11.5 Å². The summed E-state index contributed by atoms with van der Waals surface area (Å²) in [6.07, 6.45) is 0.646. The number of hydrogen-bond donors (Lipinski definition) is 2. The van der Waals surface area contributed by atoms with Crippen LogP contribution >= 0.6 is 0 Å². The van der Waals surface area contributed by atoms with E-state index in [1.54, 1.807) is 26.4 Å². The van der Waals surface area contributed by atoms with Crippen molar-refractivity contribution in [3.8, 4) is 11.5 Å². The van der Waals surface area contributed by atoms with Gasteiger partial charge in [-0.15, -0.1) is 0 Å². The molecule has 0 aliphatic rings. The molecular weight excluding hydrogens is 347 g/mol. The van der Waals surface area contributed by atoms with Crippen LogP contribution in [0.25, 0.3) is 0 Å². The Morgan fingerprint density at radius 1 is 1.00 bits per heavy atom. The van der Waals surface area contributed by atoms with Crippen LogP contribution in [0.2, 0.25) is 0 Å². The molecular formula is C21H27FN2O3. The van der Waals surface area contributed by atoms with Crippen LogP contribution in [0.3, 0.4) is 0 Å². The first-order valence-corrected chi connectivity index (χ1v) is 8.84. The minimum Gasteiger partial charge on any atom is -0.493 e. The zero-order valence-corrected chi connectivity index (χ0v) is 16.3. The summed E-state index contributed by atoms with van der Waals surface area (Å²) in [7, 11) is 3.20. The molecule has 6 heteroatoms. The quantitative estimate of drug-likeness (QED) is 0.741. The van der Waals surface area contributed by atoms with E-state index in [4.69, 9.17) is 9.47 Å². The van der Waals surface area contributed by atoms with Gasteiger partial charge in [0.05, 0.1) is 14.2 Å². The Kier molecular flexibility index (Phi) is 7.05. The molecule has 0 heterocycles. The van der Waals surface area contributed by atoms with Gasteiger partial charge in [0.1, 0.15) is 5.82 Å². The van der Waals surface area contributed by atoms with E-state index in [1.165, 1.54) is 12.1 Å². The van der Waals surface area contributed by atoms with Crippen LogP contribution < -0.4 is 20.1 Å². The molecule has 5 nitrogen and oxygen atoms in total. The first-order valence-electron chi connectivity index (χ1n) is 8.84. The monoisotopic (exact) mass is 374 g/mol. The summed E-state index contributed by atoms with van der Waals surface area (Å²) in [5, 5.41) is 5.72. The molecule has 0 aromatic heterocycles. The highest BCUT2D eigenvalue weighted by molar-refractivity contribution is 5.74. The number of urea groups is 1. The Labute approximate surface area is 159 Å². The Morgan fingerprint density at radius 3 is 2.30 bits per heavy atom. The highest BCUT2D eigenvalue weighted by Crippen LogP contribution is 2.32. The molecule has 146 valence electrons. The van der Waals surface area contributed by atoms with E-state index in [-0.39, 0.29) is 17.3 Å². The van der Waals surface area contributed by atoms with E-state index < -0.39 is 0 Å². The minimum atomic E-state index is -0.284. The summed E-state index contributed by atoms with van der Waals surface area (Å²) in [4.78, 5) is 12.1. The van der Waals surface area contributed by atoms with Crippen molar-refractivity contribution in [2.24, 2.45) is 0 Å². The van der Waals surface area contributed by atoms with Crippen LogP contribution in [0.5, 0.6) is 11.5 Å². The fourth-order valence-electron chi connectivity index (χ4n) is 2.69. The zero-order valence-electron chi connectivity index (χ0n) is 16.3. The van der Waals surface area contributed by atoms with Crippen LogP contribution in [0, 0.1) is 5.82 Å². The lowest BCUT2D eigenvalue weighted by molar-refractivity contribution is 0.238. The van der Waals surface area contributed by atoms with Gasteiger partial charge in [0.2, 0.25) is 0 Å². The molecule has 2 aromatic rings. The number of rotatable bonds is 8. The fourth-order valence-corrected chi connectivity index (χ4v) is 2.69. The third kappa shape index (κ3) is 5.88. The summed E-state index contributed by atoms with van der Waals surface area (Å²) in [5.74, 6) is 1.07. The van der Waals surface area contributed by atoms with Gasteiger partial charge in [-0.25, -0.2) is 9.18 Å². The maximum absolute atomic E-state index is 12.9. The van der Waals surface area contributed by atoms with Crippen molar-refractivity contribution in [3.05, 3.63) is 59.4 Å². The van der Waals surface area contributed by atoms with Crippen LogP contribution in [-0.4, -0.2) is 33.3 Å². The summed E-state index contributed by atoms with van der Waals surface area (Å²) < 4.78 is 23.5. The normalized spacial score (nSPS) is 11.0. The first-order chi connectivity index (χ1) is 12.9. The van der Waals surface area contributed by atoms with Gasteiger partial charge in [0, 0.05) is 18.5 Å². The van der Waals surface area contributed by atoms with Gasteiger partial charge in [-0.2, -0.15) is 0 Å². The van der Waals surface area contributed by atoms with Crippen molar-refractivity contribution >= 4 is 6.03 Å². The van der Waals surface area contributed by atoms with Crippen LogP contribution in [0.15, 0.2) is 42.5 Å². The average Bonchev–Trinajstić information content (AvgIpc) is 2.67. The molecule has 0 fully saturated rings. The highest BCUT2D eigenvalue weighted by Gasteiger charge is 2.23. The molecule has 0 aliphatic carbocycles. The van der Waals surface area contributed by atoms with Gasteiger partial charge in [-0.05, 0) is 41.8 Å². The summed E-state index contributed by atoms with van der Waals surface area (Å²) in [5.41, 5.74) is 1.72. The van der Waals surface area contributed by atoms with Crippen molar-refractivity contribution in [3.63, 3.8) is 0 Å². The number of carbonyl (C=O) groups is 1. The summed E-state index contributed by atoms with van der Waals surface area (Å²) in [6, 6.07) is 11.8. The van der Waals surface area contributed by atoms with E-state index in [0.29, 0.717) is 31.0 Å². The lowest BCUT2D eigenvalue weighted by Gasteiger charge is -2.26. The molecule has 2 N–H and O–H groups in total. The van der Waals surface area contributed by atoms with Crippen LogP contribution in [0.1, 0.15) is 25.0 Å². The Bertz CT molecular complexity index is 761. The molecule has 0 unspecified atom stereocenters. The van der Waals surface area contributed by atoms with Crippen LogP contribution in [-0.2, 0) is 11.8 Å². The topological polar surface area (TPSA) is 59.6 Å². The van der Waals surface area contributed by atoms with Gasteiger partial charge in [-0.1, -0.05) is 32.0 Å². The Hall–Kier alpha value is -2.76. The minimum absolute atomic E-state index is 0.231. The maximum Gasteiger partial charge on any atom is 0.314 e. The zero-order chi connectivity index (χ0) is 19.9. The molecule has 2 aromatic carbocycles. The standard InChI is InChI=1S/C21H27FN2O3/c1-21(2,16-7-10-18(26-3)19(13-16)27-4)14-24-20(25)23-12-11-15-5-8-17(22)9-6-15/h5-10,13H,11-12,14H2,1-4H3,(H2,23,24,25). The van der Waals surface area contributed by atoms with E-state index in [9.17, 15) is 9.18 Å². The van der Waals surface area contributed by atoms with Crippen molar-refractivity contribution < 1.29 is 18.7 Å². The van der Waals surface area contributed by atoms with Crippen molar-refractivity contribution in [1.82, 2.24) is 10.6 Å². The molecule has 0 bridgehead atoms. The number of nitrogens with one attached hydrogen (secondary N) is 2. The molecule has 0 saturated heterocycles. The van der Waals surface area contributed by atoms with Crippen molar-refractivity contribution in [2.45, 2.75) is 25.7 Å². The molecule has 0 atom stereocenters. The fraction of sp³-hybridized carbons (Fsp3) is 0.381. The predicted molar refractivity (Wildman–Crippen MR) is 104 cm³/mol. The molecule has 0 radical (unpaired) electrons. The third-order valence-corrected chi connectivity index (χ3v) is 4.47. The number of methoxy groups -OCH3 is 2. The van der Waals surface area contributed by atoms with E-state index in [2.05, 4.69) is 10.6 Å². The number of amides is 2. The maximum atomic E-state index is 12.9. The molecule has 2 rings (SSSR count). The van der Waals surface area contributed by atoms with Crippen molar-refractivity contribution in [2.75, 3.05) is 27.3 Å². The van der Waals surface area contributed by atoms with E-state index in [0.717, 1.165) is 11.1 Å². The Morgan fingerprint density at radius 2 is 1.67 bits per heavy atom. The number of hydrogen-bond acceptors (Lipinski definition) is 3. The first kappa shape index (κ1) is 20.6. The van der Waals surface area contributed by atoms with Gasteiger partial charge in [0.25, 0.3) is 0 Å². The van der Waals surface area contributed by atoms with Gasteiger partial charge < -0.3 is 20.1 Å². The molecule has 27 heavy (non-hydrogen) atoms. The molecule has 0 spiro atoms. The van der Waals surface area contributed by atoms with Crippen molar-refractivity contribution in [1.29, 1.82) is 0 Å². The number of ether oxygens (including phenoxy) is 2. The Balaban J connectivity index is 1.84. The highest BCUT2D eigenvalue weighted by atomic mass is 19.1. The molecule has 0 aliphatic heterocycles.